The topological polar surface area (TPSA) is 69.0 Å². The fourth-order valence-electron chi connectivity index (χ4n) is 2.43. The largest absolute Gasteiger partial charge is 0.365 e. The lowest BCUT2D eigenvalue weighted by atomic mass is 10.1. The molecule has 3 rings (SSSR count). The summed E-state index contributed by atoms with van der Waals surface area (Å²) in [7, 11) is 1.82. The molecule has 1 saturated heterocycles. The summed E-state index contributed by atoms with van der Waals surface area (Å²) in [5.74, 6) is 0.546. The average Bonchev–Trinajstić information content (AvgIpc) is 3.08. The van der Waals surface area contributed by atoms with Crippen LogP contribution in [0.25, 0.3) is 11.4 Å². The van der Waals surface area contributed by atoms with E-state index in [2.05, 4.69) is 15.4 Å². The van der Waals surface area contributed by atoms with Gasteiger partial charge in [0.15, 0.2) is 5.82 Å². The molecule has 6 nitrogen and oxygen atoms in total. The first kappa shape index (κ1) is 13.8. The number of carbonyl (C=O) groups excluding carboxylic acids is 1. The van der Waals surface area contributed by atoms with E-state index in [1.165, 1.54) is 0 Å². The summed E-state index contributed by atoms with van der Waals surface area (Å²) in [5, 5.41) is 7.15. The number of carbonyl (C=O) groups is 1. The normalized spacial score (nSPS) is 21.4. The second-order valence-corrected chi connectivity index (χ2v) is 5.32. The molecular weight excluding hydrogens is 268 g/mol. The number of anilines is 1. The summed E-state index contributed by atoms with van der Waals surface area (Å²) in [6.07, 6.45) is 3.15. The van der Waals surface area contributed by atoms with Crippen LogP contribution < -0.4 is 5.32 Å². The molecule has 0 bridgehead atoms. The van der Waals surface area contributed by atoms with Crippen LogP contribution in [-0.4, -0.2) is 32.9 Å². The number of nitrogens with one attached hydrogen (secondary N) is 1. The Labute approximate surface area is 123 Å². The third-order valence-electron chi connectivity index (χ3n) is 3.51. The molecular formula is C15H18N4O2. The summed E-state index contributed by atoms with van der Waals surface area (Å²) in [4.78, 5) is 16.3. The quantitative estimate of drug-likeness (QED) is 0.937. The predicted octanol–water partition coefficient (Wildman–Crippen LogP) is 1.99. The van der Waals surface area contributed by atoms with Crippen molar-refractivity contribution in [2.24, 2.45) is 7.05 Å². The second kappa shape index (κ2) is 5.65. The summed E-state index contributed by atoms with van der Waals surface area (Å²) >= 11 is 0. The standard InChI is InChI=1S/C15H18N4O2/c1-10-6-7-13(21-10)15(20)17-12-5-3-4-11(8-12)14-16-9-19(2)18-14/h3-5,8-10,13H,6-7H2,1-2H3,(H,17,20)/t10-,13-/m0/s1. The van der Waals surface area contributed by atoms with Gasteiger partial charge in [0.05, 0.1) is 6.10 Å². The highest BCUT2D eigenvalue weighted by Crippen LogP contribution is 2.22. The minimum Gasteiger partial charge on any atom is -0.365 e. The lowest BCUT2D eigenvalue weighted by Crippen LogP contribution is -2.27. The SMILES string of the molecule is C[C@H]1CC[C@@H](C(=O)Nc2cccc(-c3ncn(C)n3)c2)O1. The zero-order chi connectivity index (χ0) is 14.8. The van der Waals surface area contributed by atoms with Crippen LogP contribution >= 0.6 is 0 Å². The Kier molecular flexibility index (Phi) is 3.70. The van der Waals surface area contributed by atoms with Gasteiger partial charge in [0.25, 0.3) is 5.91 Å². The van der Waals surface area contributed by atoms with Crippen molar-refractivity contribution in [3.63, 3.8) is 0 Å². The van der Waals surface area contributed by atoms with Crippen molar-refractivity contribution in [3.8, 4) is 11.4 Å². The number of ether oxygens (including phenoxy) is 1. The van der Waals surface area contributed by atoms with Crippen molar-refractivity contribution in [2.45, 2.75) is 32.0 Å². The molecule has 1 aromatic carbocycles. The van der Waals surface area contributed by atoms with E-state index in [9.17, 15) is 4.79 Å². The molecule has 0 radical (unpaired) electrons. The van der Waals surface area contributed by atoms with E-state index in [1.54, 1.807) is 11.0 Å². The molecule has 6 heteroatoms. The molecule has 1 aliphatic heterocycles. The maximum atomic E-state index is 12.1. The fraction of sp³-hybridized carbons (Fsp3) is 0.400. The third kappa shape index (κ3) is 3.11. The molecule has 1 aromatic heterocycles. The molecule has 0 aliphatic carbocycles. The van der Waals surface area contributed by atoms with Crippen molar-refractivity contribution in [2.75, 3.05) is 5.32 Å². The van der Waals surface area contributed by atoms with Gasteiger partial charge in [-0.2, -0.15) is 5.10 Å². The smallest absolute Gasteiger partial charge is 0.253 e. The first-order chi connectivity index (χ1) is 10.1. The Bertz CT molecular complexity index is 653. The van der Waals surface area contributed by atoms with Crippen LogP contribution in [0.3, 0.4) is 0 Å². The van der Waals surface area contributed by atoms with Crippen LogP contribution in [0.1, 0.15) is 19.8 Å². The molecule has 1 N–H and O–H groups in total. The van der Waals surface area contributed by atoms with Gasteiger partial charge >= 0.3 is 0 Å². The van der Waals surface area contributed by atoms with E-state index in [0.717, 1.165) is 24.1 Å². The van der Waals surface area contributed by atoms with Crippen LogP contribution in [0.4, 0.5) is 5.69 Å². The molecule has 2 aromatic rings. The number of aromatic nitrogens is 3. The van der Waals surface area contributed by atoms with Gasteiger partial charge in [0, 0.05) is 18.3 Å². The molecule has 1 fully saturated rings. The first-order valence-corrected chi connectivity index (χ1v) is 7.04. The molecule has 0 unspecified atom stereocenters. The van der Waals surface area contributed by atoms with E-state index in [4.69, 9.17) is 4.74 Å². The van der Waals surface area contributed by atoms with Crippen molar-refractivity contribution < 1.29 is 9.53 Å². The molecule has 1 aliphatic rings. The van der Waals surface area contributed by atoms with Gasteiger partial charge in [-0.25, -0.2) is 4.98 Å². The highest BCUT2D eigenvalue weighted by atomic mass is 16.5. The average molecular weight is 286 g/mol. The van der Waals surface area contributed by atoms with Gasteiger partial charge in [-0.05, 0) is 31.9 Å². The van der Waals surface area contributed by atoms with Crippen molar-refractivity contribution in [3.05, 3.63) is 30.6 Å². The molecule has 2 atom stereocenters. The van der Waals surface area contributed by atoms with Crippen LogP contribution in [0.5, 0.6) is 0 Å². The van der Waals surface area contributed by atoms with Crippen molar-refractivity contribution >= 4 is 11.6 Å². The Balaban J connectivity index is 1.73. The zero-order valence-corrected chi connectivity index (χ0v) is 12.1. The minimum absolute atomic E-state index is 0.0921. The van der Waals surface area contributed by atoms with E-state index in [1.807, 2.05) is 38.2 Å². The van der Waals surface area contributed by atoms with E-state index in [0.29, 0.717) is 5.82 Å². The van der Waals surface area contributed by atoms with Gasteiger partial charge in [-0.3, -0.25) is 9.48 Å². The molecule has 110 valence electrons. The number of rotatable bonds is 3. The van der Waals surface area contributed by atoms with Gasteiger partial charge < -0.3 is 10.1 Å². The zero-order valence-electron chi connectivity index (χ0n) is 12.1. The summed E-state index contributed by atoms with van der Waals surface area (Å²) in [5.41, 5.74) is 1.60. The van der Waals surface area contributed by atoms with E-state index < -0.39 is 0 Å². The predicted molar refractivity (Wildman–Crippen MR) is 78.6 cm³/mol. The Morgan fingerprint density at radius 3 is 2.95 bits per heavy atom. The second-order valence-electron chi connectivity index (χ2n) is 5.32. The van der Waals surface area contributed by atoms with Gasteiger partial charge in [0.2, 0.25) is 0 Å². The number of hydrogen-bond donors (Lipinski definition) is 1. The molecule has 0 saturated carbocycles. The highest BCUT2D eigenvalue weighted by molar-refractivity contribution is 5.94. The van der Waals surface area contributed by atoms with Gasteiger partial charge in [0.1, 0.15) is 12.4 Å². The number of hydrogen-bond acceptors (Lipinski definition) is 4. The Hall–Kier alpha value is -2.21. The van der Waals surface area contributed by atoms with Gasteiger partial charge in [-0.15, -0.1) is 0 Å². The Morgan fingerprint density at radius 1 is 1.43 bits per heavy atom. The van der Waals surface area contributed by atoms with E-state index >= 15 is 0 Å². The van der Waals surface area contributed by atoms with Crippen LogP contribution in [0, 0.1) is 0 Å². The lowest BCUT2D eigenvalue weighted by Gasteiger charge is -2.12. The molecule has 1 amide bonds. The first-order valence-electron chi connectivity index (χ1n) is 7.04. The maximum absolute atomic E-state index is 12.1. The third-order valence-corrected chi connectivity index (χ3v) is 3.51. The number of amides is 1. The molecule has 0 spiro atoms. The summed E-state index contributed by atoms with van der Waals surface area (Å²) in [6, 6.07) is 7.51. The van der Waals surface area contributed by atoms with Crippen LogP contribution in [-0.2, 0) is 16.6 Å². The highest BCUT2D eigenvalue weighted by Gasteiger charge is 2.28. The van der Waals surface area contributed by atoms with E-state index in [-0.39, 0.29) is 18.1 Å². The molecule has 21 heavy (non-hydrogen) atoms. The summed E-state index contributed by atoms with van der Waals surface area (Å²) in [6.45, 7) is 1.99. The minimum atomic E-state index is -0.350. The lowest BCUT2D eigenvalue weighted by molar-refractivity contribution is -0.126. The van der Waals surface area contributed by atoms with Crippen LogP contribution in [0.15, 0.2) is 30.6 Å². The maximum Gasteiger partial charge on any atom is 0.253 e. The molecule has 2 heterocycles. The number of benzene rings is 1. The van der Waals surface area contributed by atoms with Crippen molar-refractivity contribution in [1.29, 1.82) is 0 Å². The fourth-order valence-corrected chi connectivity index (χ4v) is 2.43. The number of aryl methyl sites for hydroxylation is 1. The Morgan fingerprint density at radius 2 is 2.29 bits per heavy atom. The van der Waals surface area contributed by atoms with Gasteiger partial charge in [-0.1, -0.05) is 12.1 Å². The monoisotopic (exact) mass is 286 g/mol. The number of nitrogens with zero attached hydrogens (tertiary/aromatic N) is 3. The summed E-state index contributed by atoms with van der Waals surface area (Å²) < 4.78 is 7.22. The van der Waals surface area contributed by atoms with Crippen molar-refractivity contribution in [1.82, 2.24) is 14.8 Å². The van der Waals surface area contributed by atoms with Crippen LogP contribution in [0.2, 0.25) is 0 Å².